The number of nitrogens with one attached hydrogen (secondary N) is 2. The number of esters is 1. The lowest BCUT2D eigenvalue weighted by Gasteiger charge is -2.16. The molecule has 0 saturated heterocycles. The third kappa shape index (κ3) is 7.04. The average molecular weight is 626 g/mol. The number of anilines is 2. The fraction of sp³-hybridized carbons (Fsp3) is 0.214. The average Bonchev–Trinajstić information content (AvgIpc) is 3.01. The SMILES string of the molecule is CCOC(=O)/C(=C\Nc1cc(NCc2ccc(OC)cc2OC)c(F)cc1CO)C(=O)c1c(F)c(Cl)c(F)c(F)c1N=O. The fourth-order valence-corrected chi connectivity index (χ4v) is 4.00. The van der Waals surface area contributed by atoms with E-state index in [4.69, 9.17) is 25.8 Å². The molecule has 0 radical (unpaired) electrons. The standard InChI is InChI=1S/C28H24ClF4N3O7/c1-4-43-28(39)16(27(38)21-23(31)22(29)24(32)25(33)26(21)36-40)11-35-18-9-19(17(30)7-14(18)12-37)34-10-13-5-6-15(41-2)8-20(13)42-3/h5-9,11,34-35,37H,4,10,12H2,1-3H3/b16-11-. The Labute approximate surface area is 247 Å². The molecular weight excluding hydrogens is 602 g/mol. The van der Waals surface area contributed by atoms with Gasteiger partial charge in [-0.1, -0.05) is 11.6 Å². The number of methoxy groups -OCH3 is 2. The summed E-state index contributed by atoms with van der Waals surface area (Å²) in [7, 11) is 2.93. The van der Waals surface area contributed by atoms with Gasteiger partial charge in [-0.25, -0.2) is 22.4 Å². The highest BCUT2D eigenvalue weighted by Crippen LogP contribution is 2.36. The first-order valence-corrected chi connectivity index (χ1v) is 12.7. The van der Waals surface area contributed by atoms with Crippen LogP contribution in [0.3, 0.4) is 0 Å². The molecule has 0 fully saturated rings. The highest BCUT2D eigenvalue weighted by Gasteiger charge is 2.33. The van der Waals surface area contributed by atoms with Gasteiger partial charge < -0.3 is 30.0 Å². The van der Waals surface area contributed by atoms with E-state index in [2.05, 4.69) is 15.8 Å². The second-order valence-corrected chi connectivity index (χ2v) is 8.88. The highest BCUT2D eigenvalue weighted by atomic mass is 35.5. The van der Waals surface area contributed by atoms with E-state index < -0.39 is 63.5 Å². The summed E-state index contributed by atoms with van der Waals surface area (Å²) in [6, 6.07) is 7.16. The molecule has 15 heteroatoms. The molecule has 0 aliphatic carbocycles. The maximum Gasteiger partial charge on any atom is 0.343 e. The Kier molecular flexibility index (Phi) is 11.0. The third-order valence-corrected chi connectivity index (χ3v) is 6.33. The number of aliphatic hydroxyl groups is 1. The molecule has 3 N–H and O–H groups in total. The van der Waals surface area contributed by atoms with E-state index >= 15 is 0 Å². The van der Waals surface area contributed by atoms with Crippen molar-refractivity contribution in [1.29, 1.82) is 0 Å². The topological polar surface area (TPSA) is 136 Å². The molecule has 0 heterocycles. The molecule has 228 valence electrons. The largest absolute Gasteiger partial charge is 0.497 e. The van der Waals surface area contributed by atoms with Gasteiger partial charge in [0.25, 0.3) is 0 Å². The van der Waals surface area contributed by atoms with Gasteiger partial charge in [-0.2, -0.15) is 0 Å². The number of nitrogens with zero attached hydrogens (tertiary/aromatic N) is 1. The fourth-order valence-electron chi connectivity index (χ4n) is 3.83. The molecule has 0 unspecified atom stereocenters. The Balaban J connectivity index is 2.03. The van der Waals surface area contributed by atoms with Crippen molar-refractivity contribution in [3.63, 3.8) is 0 Å². The first kappa shape index (κ1) is 32.8. The summed E-state index contributed by atoms with van der Waals surface area (Å²) in [4.78, 5) is 37.0. The quantitative estimate of drug-likeness (QED) is 0.0235. The van der Waals surface area contributed by atoms with Crippen LogP contribution in [-0.2, 0) is 22.7 Å². The van der Waals surface area contributed by atoms with Gasteiger partial charge in [0.2, 0.25) is 5.78 Å². The van der Waals surface area contributed by atoms with Crippen molar-refractivity contribution < 1.29 is 46.5 Å². The van der Waals surface area contributed by atoms with Crippen LogP contribution in [0.25, 0.3) is 0 Å². The van der Waals surface area contributed by atoms with Crippen LogP contribution in [-0.4, -0.2) is 37.7 Å². The summed E-state index contributed by atoms with van der Waals surface area (Å²) in [5.41, 5.74) is -3.48. The van der Waals surface area contributed by atoms with Crippen LogP contribution in [0.2, 0.25) is 5.02 Å². The number of nitroso groups, excluding NO2 is 1. The van der Waals surface area contributed by atoms with Crippen LogP contribution in [0.4, 0.5) is 34.6 Å². The number of Topliss-reactive ketones (excluding diaryl/α,β-unsaturated/α-hetero) is 1. The van der Waals surface area contributed by atoms with Crippen molar-refractivity contribution in [3.05, 3.63) is 92.0 Å². The van der Waals surface area contributed by atoms with Gasteiger partial charge in [0.15, 0.2) is 23.1 Å². The molecule has 0 aliphatic rings. The molecule has 0 bridgehead atoms. The molecule has 0 aliphatic heterocycles. The minimum atomic E-state index is -2.01. The molecular formula is C28H24ClF4N3O7. The minimum absolute atomic E-state index is 0.0276. The van der Waals surface area contributed by atoms with Crippen LogP contribution in [0.1, 0.15) is 28.4 Å². The lowest BCUT2D eigenvalue weighted by atomic mass is 10.0. The number of aliphatic hydroxyl groups excluding tert-OH is 1. The van der Waals surface area contributed by atoms with Crippen molar-refractivity contribution in [3.8, 4) is 11.5 Å². The van der Waals surface area contributed by atoms with Crippen molar-refractivity contribution in [2.24, 2.45) is 5.18 Å². The van der Waals surface area contributed by atoms with E-state index in [-0.39, 0.29) is 30.1 Å². The number of ether oxygens (including phenoxy) is 3. The van der Waals surface area contributed by atoms with Crippen LogP contribution < -0.4 is 20.1 Å². The van der Waals surface area contributed by atoms with Gasteiger partial charge >= 0.3 is 5.97 Å². The van der Waals surface area contributed by atoms with Crippen molar-refractivity contribution in [2.75, 3.05) is 31.5 Å². The normalized spacial score (nSPS) is 11.1. The first-order valence-electron chi connectivity index (χ1n) is 12.3. The summed E-state index contributed by atoms with van der Waals surface area (Å²) >= 11 is 5.44. The smallest absolute Gasteiger partial charge is 0.343 e. The Morgan fingerprint density at radius 2 is 1.72 bits per heavy atom. The molecule has 3 aromatic rings. The number of halogens is 5. The minimum Gasteiger partial charge on any atom is -0.497 e. The van der Waals surface area contributed by atoms with E-state index in [0.29, 0.717) is 23.3 Å². The second kappa shape index (κ2) is 14.5. The van der Waals surface area contributed by atoms with Crippen LogP contribution in [0.5, 0.6) is 11.5 Å². The number of carbonyl (C=O) groups is 2. The Hall–Kier alpha value is -4.69. The van der Waals surface area contributed by atoms with Gasteiger partial charge in [-0.05, 0) is 36.4 Å². The van der Waals surface area contributed by atoms with Crippen molar-refractivity contribution >= 4 is 40.4 Å². The van der Waals surface area contributed by atoms with Crippen molar-refractivity contribution in [1.82, 2.24) is 0 Å². The lowest BCUT2D eigenvalue weighted by molar-refractivity contribution is -0.138. The van der Waals surface area contributed by atoms with Gasteiger partial charge in [0, 0.05) is 35.6 Å². The summed E-state index contributed by atoms with van der Waals surface area (Å²) in [5, 5.41) is 15.9. The van der Waals surface area contributed by atoms with Gasteiger partial charge in [-0.3, -0.25) is 4.79 Å². The van der Waals surface area contributed by atoms with E-state index in [0.717, 1.165) is 6.07 Å². The number of hydrogen-bond donors (Lipinski definition) is 3. The van der Waals surface area contributed by atoms with E-state index in [1.165, 1.54) is 27.2 Å². The summed E-state index contributed by atoms with van der Waals surface area (Å²) in [6.07, 6.45) is 0.701. The predicted octanol–water partition coefficient (Wildman–Crippen LogP) is 6.16. The molecule has 43 heavy (non-hydrogen) atoms. The molecule has 10 nitrogen and oxygen atoms in total. The maximum atomic E-state index is 14.9. The monoisotopic (exact) mass is 625 g/mol. The predicted molar refractivity (Wildman–Crippen MR) is 149 cm³/mol. The molecule has 0 amide bonds. The number of benzene rings is 3. The van der Waals surface area contributed by atoms with Gasteiger partial charge in [0.05, 0.1) is 38.7 Å². The highest BCUT2D eigenvalue weighted by molar-refractivity contribution is 6.32. The number of carbonyl (C=O) groups excluding carboxylic acids is 2. The first-order chi connectivity index (χ1) is 20.5. The zero-order valence-electron chi connectivity index (χ0n) is 22.8. The lowest BCUT2D eigenvalue weighted by Crippen LogP contribution is -2.20. The molecule has 0 aromatic heterocycles. The molecule has 0 saturated carbocycles. The zero-order valence-corrected chi connectivity index (χ0v) is 23.6. The third-order valence-electron chi connectivity index (χ3n) is 6.00. The second-order valence-electron chi connectivity index (χ2n) is 8.50. The van der Waals surface area contributed by atoms with E-state index in [1.807, 2.05) is 0 Å². The molecule has 3 rings (SSSR count). The molecule has 3 aromatic carbocycles. The zero-order chi connectivity index (χ0) is 31.8. The summed E-state index contributed by atoms with van der Waals surface area (Å²) in [6.45, 7) is 0.502. The van der Waals surface area contributed by atoms with E-state index in [9.17, 15) is 37.2 Å². The van der Waals surface area contributed by atoms with E-state index in [1.54, 1.807) is 18.2 Å². The van der Waals surface area contributed by atoms with Crippen LogP contribution in [0, 0.1) is 28.2 Å². The Morgan fingerprint density at radius 3 is 2.33 bits per heavy atom. The van der Waals surface area contributed by atoms with Crippen molar-refractivity contribution in [2.45, 2.75) is 20.1 Å². The molecule has 0 atom stereocenters. The summed E-state index contributed by atoms with van der Waals surface area (Å²) in [5.74, 6) is -8.58. The molecule has 0 spiro atoms. The van der Waals surface area contributed by atoms with Gasteiger partial charge in [0.1, 0.15) is 27.9 Å². The number of rotatable bonds is 13. The Morgan fingerprint density at radius 1 is 1.00 bits per heavy atom. The van der Waals surface area contributed by atoms with Gasteiger partial charge in [-0.15, -0.1) is 4.91 Å². The Bertz CT molecular complexity index is 1600. The number of hydrogen-bond acceptors (Lipinski definition) is 10. The van der Waals surface area contributed by atoms with Crippen LogP contribution in [0.15, 0.2) is 47.3 Å². The summed E-state index contributed by atoms with van der Waals surface area (Å²) < 4.78 is 73.1. The number of ketones is 1. The maximum absolute atomic E-state index is 14.9. The van der Waals surface area contributed by atoms with Crippen LogP contribution >= 0.6 is 11.6 Å².